The molecule has 0 spiro atoms. The van der Waals surface area contributed by atoms with Crippen molar-refractivity contribution in [2.75, 3.05) is 11.9 Å². The molecule has 82 valence electrons. The molecule has 1 aliphatic rings. The highest BCUT2D eigenvalue weighted by Gasteiger charge is 2.22. The molecule has 1 aromatic heterocycles. The Hall–Kier alpha value is -0.870. The average molecular weight is 228 g/mol. The van der Waals surface area contributed by atoms with Gasteiger partial charge in [0.1, 0.15) is 17.3 Å². The zero-order valence-corrected chi connectivity index (χ0v) is 9.37. The molecule has 1 fully saturated rings. The number of hydrogen-bond acceptors (Lipinski definition) is 4. The predicted octanol–water partition coefficient (Wildman–Crippen LogP) is 2.11. The zero-order chi connectivity index (χ0) is 10.7. The van der Waals surface area contributed by atoms with Crippen molar-refractivity contribution in [3.63, 3.8) is 0 Å². The molecule has 1 aromatic rings. The summed E-state index contributed by atoms with van der Waals surface area (Å²) in [5.41, 5.74) is 0. The van der Waals surface area contributed by atoms with Crippen molar-refractivity contribution in [1.82, 2.24) is 9.97 Å². The number of nitrogens with one attached hydrogen (secondary N) is 1. The maximum atomic E-state index is 5.77. The second kappa shape index (κ2) is 4.77. The van der Waals surface area contributed by atoms with Crippen LogP contribution in [0.2, 0.25) is 5.15 Å². The van der Waals surface area contributed by atoms with Crippen LogP contribution in [0.3, 0.4) is 0 Å². The van der Waals surface area contributed by atoms with Gasteiger partial charge in [0, 0.05) is 12.7 Å². The van der Waals surface area contributed by atoms with Crippen LogP contribution < -0.4 is 5.32 Å². The van der Waals surface area contributed by atoms with Crippen LogP contribution in [0.4, 0.5) is 5.82 Å². The fourth-order valence-electron chi connectivity index (χ4n) is 1.74. The summed E-state index contributed by atoms with van der Waals surface area (Å²) in [7, 11) is 0. The highest BCUT2D eigenvalue weighted by atomic mass is 35.5. The van der Waals surface area contributed by atoms with Gasteiger partial charge in [-0.05, 0) is 19.8 Å². The Morgan fingerprint density at radius 1 is 1.60 bits per heavy atom. The van der Waals surface area contributed by atoms with E-state index in [0.717, 1.165) is 25.3 Å². The Kier molecular flexibility index (Phi) is 3.38. The maximum Gasteiger partial charge on any atom is 0.134 e. The minimum absolute atomic E-state index is 0.249. The van der Waals surface area contributed by atoms with Crippen LogP contribution in [0, 0.1) is 0 Å². The molecule has 2 atom stereocenters. The molecule has 1 N–H and O–H groups in total. The van der Waals surface area contributed by atoms with E-state index in [-0.39, 0.29) is 12.1 Å². The van der Waals surface area contributed by atoms with Gasteiger partial charge in [-0.15, -0.1) is 0 Å². The van der Waals surface area contributed by atoms with Crippen LogP contribution in [-0.2, 0) is 4.74 Å². The lowest BCUT2D eigenvalue weighted by molar-refractivity contribution is 0.0995. The molecule has 0 amide bonds. The van der Waals surface area contributed by atoms with Crippen molar-refractivity contribution in [2.24, 2.45) is 0 Å². The van der Waals surface area contributed by atoms with Gasteiger partial charge < -0.3 is 10.1 Å². The number of halogens is 1. The van der Waals surface area contributed by atoms with Crippen LogP contribution in [0.5, 0.6) is 0 Å². The maximum absolute atomic E-state index is 5.77. The summed E-state index contributed by atoms with van der Waals surface area (Å²) >= 11 is 5.77. The summed E-state index contributed by atoms with van der Waals surface area (Å²) in [6, 6.07) is 1.96. The summed E-state index contributed by atoms with van der Waals surface area (Å²) in [5, 5.41) is 3.72. The molecule has 0 aliphatic carbocycles. The van der Waals surface area contributed by atoms with Gasteiger partial charge in [-0.25, -0.2) is 9.97 Å². The van der Waals surface area contributed by atoms with Gasteiger partial charge in [0.2, 0.25) is 0 Å². The van der Waals surface area contributed by atoms with Gasteiger partial charge in [-0.2, -0.15) is 0 Å². The molecule has 0 saturated carbocycles. The van der Waals surface area contributed by atoms with Gasteiger partial charge in [0.05, 0.1) is 12.1 Å². The number of ether oxygens (including phenoxy) is 1. The van der Waals surface area contributed by atoms with Crippen LogP contribution in [-0.4, -0.2) is 28.7 Å². The molecule has 4 nitrogen and oxygen atoms in total. The summed E-state index contributed by atoms with van der Waals surface area (Å²) < 4.78 is 5.58. The van der Waals surface area contributed by atoms with Gasteiger partial charge in [-0.3, -0.25) is 0 Å². The molecule has 2 heterocycles. The minimum atomic E-state index is 0.249. The third-order valence-electron chi connectivity index (χ3n) is 2.53. The van der Waals surface area contributed by atoms with Gasteiger partial charge in [0.15, 0.2) is 0 Å². The first-order chi connectivity index (χ1) is 7.25. The van der Waals surface area contributed by atoms with E-state index >= 15 is 0 Å². The van der Waals surface area contributed by atoms with Crippen LogP contribution in [0.1, 0.15) is 19.8 Å². The molecule has 0 aromatic carbocycles. The molecule has 0 radical (unpaired) electrons. The van der Waals surface area contributed by atoms with E-state index in [1.165, 1.54) is 6.33 Å². The number of hydrogen-bond donors (Lipinski definition) is 1. The fourth-order valence-corrected chi connectivity index (χ4v) is 1.88. The molecular weight excluding hydrogens is 214 g/mol. The largest absolute Gasteiger partial charge is 0.376 e. The standard InChI is InChI=1S/C10H14ClN3O/c1-7(8-3-2-4-15-8)14-10-5-9(11)12-6-13-10/h5-8H,2-4H2,1H3,(H,12,13,14). The number of anilines is 1. The molecule has 0 bridgehead atoms. The van der Waals surface area contributed by atoms with E-state index in [1.807, 2.05) is 0 Å². The zero-order valence-electron chi connectivity index (χ0n) is 8.61. The molecule has 2 unspecified atom stereocenters. The van der Waals surface area contributed by atoms with Gasteiger partial charge >= 0.3 is 0 Å². The first-order valence-electron chi connectivity index (χ1n) is 5.11. The van der Waals surface area contributed by atoms with Crippen molar-refractivity contribution < 1.29 is 4.74 Å². The van der Waals surface area contributed by atoms with Crippen LogP contribution >= 0.6 is 11.6 Å². The quantitative estimate of drug-likeness (QED) is 0.804. The molecule has 5 heteroatoms. The first-order valence-corrected chi connectivity index (χ1v) is 5.49. The summed E-state index contributed by atoms with van der Waals surface area (Å²) in [6.45, 7) is 2.95. The lowest BCUT2D eigenvalue weighted by Gasteiger charge is -2.20. The van der Waals surface area contributed by atoms with E-state index in [2.05, 4.69) is 22.2 Å². The highest BCUT2D eigenvalue weighted by Crippen LogP contribution is 2.18. The molecule has 15 heavy (non-hydrogen) atoms. The number of aromatic nitrogens is 2. The van der Waals surface area contributed by atoms with E-state index in [0.29, 0.717) is 5.15 Å². The molecule has 1 saturated heterocycles. The van der Waals surface area contributed by atoms with Gasteiger partial charge in [0.25, 0.3) is 0 Å². The predicted molar refractivity (Wildman–Crippen MR) is 59.1 cm³/mol. The average Bonchev–Trinajstić information content (AvgIpc) is 2.70. The van der Waals surface area contributed by atoms with Crippen LogP contribution in [0.25, 0.3) is 0 Å². The van der Waals surface area contributed by atoms with E-state index in [4.69, 9.17) is 16.3 Å². The Labute approximate surface area is 94.0 Å². The second-order valence-corrected chi connectivity index (χ2v) is 4.10. The highest BCUT2D eigenvalue weighted by molar-refractivity contribution is 6.29. The smallest absolute Gasteiger partial charge is 0.134 e. The van der Waals surface area contributed by atoms with E-state index in [9.17, 15) is 0 Å². The van der Waals surface area contributed by atoms with Crippen molar-refractivity contribution in [3.05, 3.63) is 17.5 Å². The Balaban J connectivity index is 1.95. The number of rotatable bonds is 3. The molecule has 2 rings (SSSR count). The topological polar surface area (TPSA) is 47.0 Å². The first kappa shape index (κ1) is 10.6. The van der Waals surface area contributed by atoms with E-state index in [1.54, 1.807) is 6.07 Å². The normalized spacial score (nSPS) is 22.7. The van der Waals surface area contributed by atoms with Gasteiger partial charge in [-0.1, -0.05) is 11.6 Å². The third-order valence-corrected chi connectivity index (χ3v) is 2.74. The third kappa shape index (κ3) is 2.79. The molecular formula is C10H14ClN3O. The van der Waals surface area contributed by atoms with Crippen molar-refractivity contribution in [3.8, 4) is 0 Å². The Morgan fingerprint density at radius 3 is 3.13 bits per heavy atom. The fraction of sp³-hybridized carbons (Fsp3) is 0.600. The van der Waals surface area contributed by atoms with Crippen LogP contribution in [0.15, 0.2) is 12.4 Å². The second-order valence-electron chi connectivity index (χ2n) is 3.71. The summed E-state index contributed by atoms with van der Waals surface area (Å²) in [4.78, 5) is 7.92. The van der Waals surface area contributed by atoms with E-state index < -0.39 is 0 Å². The number of nitrogens with zero attached hydrogens (tertiary/aromatic N) is 2. The minimum Gasteiger partial charge on any atom is -0.376 e. The lowest BCUT2D eigenvalue weighted by atomic mass is 10.1. The van der Waals surface area contributed by atoms with Crippen molar-refractivity contribution in [2.45, 2.75) is 31.9 Å². The monoisotopic (exact) mass is 227 g/mol. The van der Waals surface area contributed by atoms with Crippen molar-refractivity contribution >= 4 is 17.4 Å². The summed E-state index contributed by atoms with van der Waals surface area (Å²) in [5.74, 6) is 0.748. The van der Waals surface area contributed by atoms with Crippen molar-refractivity contribution in [1.29, 1.82) is 0 Å². The Bertz CT molecular complexity index is 328. The lowest BCUT2D eigenvalue weighted by Crippen LogP contribution is -2.30. The summed E-state index contributed by atoms with van der Waals surface area (Å²) in [6.07, 6.45) is 3.97. The molecule has 1 aliphatic heterocycles. The Morgan fingerprint density at radius 2 is 2.47 bits per heavy atom. The SMILES string of the molecule is CC(Nc1cc(Cl)ncn1)C1CCCO1.